The normalized spacial score (nSPS) is 34.8. The lowest BCUT2D eigenvalue weighted by molar-refractivity contribution is 0.0997. The van der Waals surface area contributed by atoms with E-state index < -0.39 is 0 Å². The van der Waals surface area contributed by atoms with Gasteiger partial charge < -0.3 is 4.74 Å². The van der Waals surface area contributed by atoms with Crippen LogP contribution in [0.25, 0.3) is 0 Å². The molecular formula is C13H23OS+. The summed E-state index contributed by atoms with van der Waals surface area (Å²) in [6, 6.07) is 0. The van der Waals surface area contributed by atoms with E-state index in [-0.39, 0.29) is 0 Å². The van der Waals surface area contributed by atoms with E-state index in [4.69, 9.17) is 4.74 Å². The quantitative estimate of drug-likeness (QED) is 0.530. The molecule has 0 radical (unpaired) electrons. The number of rotatable bonds is 4. The zero-order chi connectivity index (χ0) is 10.1. The molecule has 3 fully saturated rings. The Bertz CT molecular complexity index is 213. The molecule has 0 N–H and O–H groups in total. The Morgan fingerprint density at radius 3 is 2.53 bits per heavy atom. The molecular weight excluding hydrogens is 204 g/mol. The molecule has 1 saturated carbocycles. The molecule has 1 aliphatic carbocycles. The van der Waals surface area contributed by atoms with Crippen LogP contribution in [0.4, 0.5) is 0 Å². The van der Waals surface area contributed by atoms with E-state index in [0.29, 0.717) is 6.10 Å². The van der Waals surface area contributed by atoms with E-state index in [1.54, 1.807) is 24.3 Å². The maximum atomic E-state index is 5.76. The molecule has 0 aromatic rings. The molecule has 15 heavy (non-hydrogen) atoms. The average molecular weight is 227 g/mol. The summed E-state index contributed by atoms with van der Waals surface area (Å²) in [5.41, 5.74) is 0. The van der Waals surface area contributed by atoms with Crippen LogP contribution in [0.3, 0.4) is 0 Å². The summed E-state index contributed by atoms with van der Waals surface area (Å²) in [4.78, 5) is 0. The molecule has 2 heteroatoms. The second-order valence-electron chi connectivity index (χ2n) is 5.46. The Balaban J connectivity index is 1.54. The van der Waals surface area contributed by atoms with Gasteiger partial charge >= 0.3 is 0 Å². The highest BCUT2D eigenvalue weighted by Crippen LogP contribution is 2.47. The summed E-state index contributed by atoms with van der Waals surface area (Å²) in [6.07, 6.45) is 12.2. The van der Waals surface area contributed by atoms with Crippen LogP contribution in [0.15, 0.2) is 0 Å². The van der Waals surface area contributed by atoms with Crippen molar-refractivity contribution in [3.63, 3.8) is 0 Å². The zero-order valence-corrected chi connectivity index (χ0v) is 10.5. The Morgan fingerprint density at radius 2 is 1.93 bits per heavy atom. The Kier molecular flexibility index (Phi) is 2.99. The van der Waals surface area contributed by atoms with Crippen LogP contribution in [0.1, 0.15) is 51.4 Å². The summed E-state index contributed by atoms with van der Waals surface area (Å²) in [5, 5.41) is 0. The molecule has 3 aliphatic rings. The third-order valence-electron chi connectivity index (χ3n) is 4.48. The molecule has 2 heterocycles. The predicted molar refractivity (Wildman–Crippen MR) is 66.5 cm³/mol. The van der Waals surface area contributed by atoms with Gasteiger partial charge in [-0.2, -0.15) is 0 Å². The topological polar surface area (TPSA) is 9.23 Å². The highest BCUT2D eigenvalue weighted by atomic mass is 32.2. The van der Waals surface area contributed by atoms with Gasteiger partial charge in [-0.3, -0.25) is 0 Å². The smallest absolute Gasteiger partial charge is 0.153 e. The van der Waals surface area contributed by atoms with Gasteiger partial charge in [0.25, 0.3) is 0 Å². The highest BCUT2D eigenvalue weighted by molar-refractivity contribution is 8.04. The van der Waals surface area contributed by atoms with Crippen LogP contribution < -0.4 is 0 Å². The van der Waals surface area contributed by atoms with Crippen molar-refractivity contribution < 1.29 is 4.74 Å². The van der Waals surface area contributed by atoms with E-state index in [2.05, 4.69) is 0 Å². The molecule has 0 aromatic heterocycles. The van der Waals surface area contributed by atoms with Gasteiger partial charge in [0.1, 0.15) is 4.75 Å². The number of hydrogen-bond acceptors (Lipinski definition) is 1. The number of hydrogen-bond donors (Lipinski definition) is 0. The van der Waals surface area contributed by atoms with Crippen LogP contribution in [0.5, 0.6) is 0 Å². The van der Waals surface area contributed by atoms with Crippen molar-refractivity contribution in [3.8, 4) is 0 Å². The third-order valence-corrected chi connectivity index (χ3v) is 7.13. The second kappa shape index (κ2) is 4.29. The molecule has 0 bridgehead atoms. The Labute approximate surface area is 96.3 Å². The van der Waals surface area contributed by atoms with Crippen molar-refractivity contribution in [2.75, 3.05) is 18.1 Å². The minimum atomic E-state index is 0.631. The summed E-state index contributed by atoms with van der Waals surface area (Å²) in [7, 11) is 0.845. The molecule has 0 amide bonds. The van der Waals surface area contributed by atoms with Gasteiger partial charge in [0, 0.05) is 23.9 Å². The molecule has 86 valence electrons. The van der Waals surface area contributed by atoms with Crippen LogP contribution in [-0.4, -0.2) is 29.0 Å². The fraction of sp³-hybridized carbons (Fsp3) is 1.00. The predicted octanol–water partition coefficient (Wildman–Crippen LogP) is 2.89. The first-order valence-corrected chi connectivity index (χ1v) is 8.25. The van der Waals surface area contributed by atoms with Crippen LogP contribution in [-0.2, 0) is 15.6 Å². The summed E-state index contributed by atoms with van der Waals surface area (Å²) in [5.74, 6) is 3.12. The maximum absolute atomic E-state index is 5.76. The summed E-state index contributed by atoms with van der Waals surface area (Å²) in [6.45, 7) is 1.03. The third kappa shape index (κ3) is 2.21. The lowest BCUT2D eigenvalue weighted by Crippen LogP contribution is -2.30. The fourth-order valence-electron chi connectivity index (χ4n) is 3.47. The van der Waals surface area contributed by atoms with Gasteiger partial charge in [-0.1, -0.05) is 0 Å². The maximum Gasteiger partial charge on any atom is 0.153 e. The van der Waals surface area contributed by atoms with Gasteiger partial charge in [0.2, 0.25) is 0 Å². The number of ether oxygens (including phenoxy) is 1. The van der Waals surface area contributed by atoms with E-state index >= 15 is 0 Å². The van der Waals surface area contributed by atoms with Crippen molar-refractivity contribution in [2.45, 2.75) is 62.2 Å². The standard InChI is InChI=1S/C13H23OS/c1-2-7-13(6-1,15-10-11-15)8-5-12-4-3-9-14-12/h12H,1-11H2/q+1. The fourth-order valence-corrected chi connectivity index (χ4v) is 5.94. The first-order chi connectivity index (χ1) is 7.39. The zero-order valence-electron chi connectivity index (χ0n) is 9.67. The van der Waals surface area contributed by atoms with Gasteiger partial charge in [-0.25, -0.2) is 0 Å². The average Bonchev–Trinajstić information content (AvgIpc) is 2.83. The van der Waals surface area contributed by atoms with Gasteiger partial charge in [-0.15, -0.1) is 0 Å². The lowest BCUT2D eigenvalue weighted by Gasteiger charge is -2.22. The largest absolute Gasteiger partial charge is 0.378 e. The Morgan fingerprint density at radius 1 is 1.13 bits per heavy atom. The molecule has 2 saturated heterocycles. The van der Waals surface area contributed by atoms with Crippen molar-refractivity contribution >= 4 is 10.9 Å². The van der Waals surface area contributed by atoms with E-state index in [1.165, 1.54) is 38.5 Å². The van der Waals surface area contributed by atoms with Crippen molar-refractivity contribution in [1.82, 2.24) is 0 Å². The molecule has 2 aliphatic heterocycles. The molecule has 0 spiro atoms. The van der Waals surface area contributed by atoms with Crippen molar-refractivity contribution in [1.29, 1.82) is 0 Å². The molecule has 0 aromatic carbocycles. The van der Waals surface area contributed by atoms with E-state index in [9.17, 15) is 0 Å². The molecule has 1 unspecified atom stereocenters. The Hall–Kier alpha value is 0.310. The summed E-state index contributed by atoms with van der Waals surface area (Å²) < 4.78 is 6.57. The van der Waals surface area contributed by atoms with Crippen LogP contribution in [0, 0.1) is 0 Å². The molecule has 1 atom stereocenters. The first-order valence-electron chi connectivity index (χ1n) is 6.68. The highest BCUT2D eigenvalue weighted by Gasteiger charge is 2.56. The molecule has 1 nitrogen and oxygen atoms in total. The first kappa shape index (κ1) is 10.5. The van der Waals surface area contributed by atoms with Crippen LogP contribution in [0.2, 0.25) is 0 Å². The van der Waals surface area contributed by atoms with Gasteiger partial charge in [0.15, 0.2) is 11.5 Å². The molecule has 3 rings (SSSR count). The van der Waals surface area contributed by atoms with E-state index in [0.717, 1.165) is 22.2 Å². The lowest BCUT2D eigenvalue weighted by atomic mass is 9.97. The van der Waals surface area contributed by atoms with Gasteiger partial charge in [-0.05, 0) is 44.9 Å². The van der Waals surface area contributed by atoms with Crippen LogP contribution >= 0.6 is 0 Å². The summed E-state index contributed by atoms with van der Waals surface area (Å²) >= 11 is 0. The van der Waals surface area contributed by atoms with Crippen molar-refractivity contribution in [3.05, 3.63) is 0 Å². The monoisotopic (exact) mass is 227 g/mol. The van der Waals surface area contributed by atoms with Gasteiger partial charge in [0.05, 0.1) is 6.10 Å². The van der Waals surface area contributed by atoms with E-state index in [1.807, 2.05) is 0 Å². The SMILES string of the molecule is C1COC(CCC2([S+]3CC3)CCCC2)C1. The minimum absolute atomic E-state index is 0.631. The van der Waals surface area contributed by atoms with Crippen molar-refractivity contribution in [2.24, 2.45) is 0 Å². The minimum Gasteiger partial charge on any atom is -0.378 e. The second-order valence-corrected chi connectivity index (χ2v) is 8.13.